The summed E-state index contributed by atoms with van der Waals surface area (Å²) in [4.78, 5) is 20.0. The summed E-state index contributed by atoms with van der Waals surface area (Å²) in [6.07, 6.45) is 0. The SMILES string of the molecule is COC(=O)c1cc(F)cc(-c2cc(Cl)nc(C(C)C)n2)c1. The van der Waals surface area contributed by atoms with Crippen molar-refractivity contribution in [2.75, 3.05) is 7.11 Å². The predicted octanol–water partition coefficient (Wildman–Crippen LogP) is 3.85. The van der Waals surface area contributed by atoms with Crippen molar-refractivity contribution >= 4 is 17.6 Å². The van der Waals surface area contributed by atoms with E-state index >= 15 is 0 Å². The first-order valence-electron chi connectivity index (χ1n) is 6.34. The normalized spacial score (nSPS) is 10.8. The first-order valence-corrected chi connectivity index (χ1v) is 6.72. The fourth-order valence-electron chi connectivity index (χ4n) is 1.81. The van der Waals surface area contributed by atoms with Crippen molar-refractivity contribution in [2.24, 2.45) is 0 Å². The van der Waals surface area contributed by atoms with E-state index in [1.807, 2.05) is 13.8 Å². The Morgan fingerprint density at radius 1 is 1.24 bits per heavy atom. The molecule has 1 heterocycles. The second-order valence-electron chi connectivity index (χ2n) is 4.81. The van der Waals surface area contributed by atoms with Gasteiger partial charge in [-0.25, -0.2) is 19.2 Å². The molecule has 0 saturated carbocycles. The first-order chi connectivity index (χ1) is 9.90. The minimum absolute atomic E-state index is 0.0797. The third-order valence-electron chi connectivity index (χ3n) is 2.84. The molecule has 0 amide bonds. The van der Waals surface area contributed by atoms with Crippen molar-refractivity contribution in [3.63, 3.8) is 0 Å². The summed E-state index contributed by atoms with van der Waals surface area (Å²) in [6.45, 7) is 3.86. The van der Waals surface area contributed by atoms with Gasteiger partial charge in [0.05, 0.1) is 18.4 Å². The third-order valence-corrected chi connectivity index (χ3v) is 3.04. The molecule has 0 saturated heterocycles. The summed E-state index contributed by atoms with van der Waals surface area (Å²) in [5.41, 5.74) is 1.03. The lowest BCUT2D eigenvalue weighted by molar-refractivity contribution is 0.0600. The van der Waals surface area contributed by atoms with Crippen LogP contribution in [0.4, 0.5) is 4.39 Å². The first kappa shape index (κ1) is 15.4. The maximum Gasteiger partial charge on any atom is 0.337 e. The molecule has 2 rings (SSSR count). The van der Waals surface area contributed by atoms with E-state index < -0.39 is 11.8 Å². The van der Waals surface area contributed by atoms with Crippen LogP contribution in [0.2, 0.25) is 5.15 Å². The van der Waals surface area contributed by atoms with Crippen molar-refractivity contribution in [3.05, 3.63) is 46.6 Å². The van der Waals surface area contributed by atoms with E-state index in [0.717, 1.165) is 6.07 Å². The fraction of sp³-hybridized carbons (Fsp3) is 0.267. The number of carbonyl (C=O) groups is 1. The standard InChI is InChI=1S/C15H14ClFN2O2/c1-8(2)14-18-12(7-13(16)19-14)9-4-10(15(20)21-3)6-11(17)5-9/h4-8H,1-3H3. The number of rotatable bonds is 3. The lowest BCUT2D eigenvalue weighted by atomic mass is 10.1. The molecule has 0 fully saturated rings. The number of methoxy groups -OCH3 is 1. The molecule has 0 spiro atoms. The third kappa shape index (κ3) is 3.55. The topological polar surface area (TPSA) is 52.1 Å². The average molecular weight is 309 g/mol. The van der Waals surface area contributed by atoms with Crippen LogP contribution >= 0.6 is 11.6 Å². The highest BCUT2D eigenvalue weighted by molar-refractivity contribution is 6.29. The van der Waals surface area contributed by atoms with Crippen LogP contribution in [-0.4, -0.2) is 23.0 Å². The molecule has 4 nitrogen and oxygen atoms in total. The highest BCUT2D eigenvalue weighted by atomic mass is 35.5. The van der Waals surface area contributed by atoms with Gasteiger partial charge in [0.2, 0.25) is 0 Å². The largest absolute Gasteiger partial charge is 0.465 e. The lowest BCUT2D eigenvalue weighted by Gasteiger charge is -2.09. The minimum atomic E-state index is -0.611. The number of ether oxygens (including phenoxy) is 1. The van der Waals surface area contributed by atoms with E-state index in [9.17, 15) is 9.18 Å². The molecule has 0 aliphatic carbocycles. The summed E-state index contributed by atoms with van der Waals surface area (Å²) in [5, 5.41) is 0.271. The zero-order valence-electron chi connectivity index (χ0n) is 11.9. The van der Waals surface area contributed by atoms with Crippen molar-refractivity contribution in [3.8, 4) is 11.3 Å². The van der Waals surface area contributed by atoms with Crippen LogP contribution < -0.4 is 0 Å². The van der Waals surface area contributed by atoms with Gasteiger partial charge in [0.15, 0.2) is 0 Å². The smallest absolute Gasteiger partial charge is 0.337 e. The Balaban J connectivity index is 2.56. The number of aromatic nitrogens is 2. The Morgan fingerprint density at radius 2 is 1.95 bits per heavy atom. The van der Waals surface area contributed by atoms with Gasteiger partial charge in [-0.05, 0) is 18.2 Å². The van der Waals surface area contributed by atoms with Crippen LogP contribution in [0.15, 0.2) is 24.3 Å². The number of hydrogen-bond acceptors (Lipinski definition) is 4. The summed E-state index contributed by atoms with van der Waals surface area (Å²) in [6, 6.07) is 5.44. The zero-order valence-corrected chi connectivity index (χ0v) is 12.6. The fourth-order valence-corrected chi connectivity index (χ4v) is 2.00. The van der Waals surface area contributed by atoms with E-state index in [0.29, 0.717) is 17.1 Å². The van der Waals surface area contributed by atoms with Crippen LogP contribution in [0.3, 0.4) is 0 Å². The van der Waals surface area contributed by atoms with Gasteiger partial charge >= 0.3 is 5.97 Å². The van der Waals surface area contributed by atoms with Gasteiger partial charge in [-0.15, -0.1) is 0 Å². The number of halogens is 2. The second kappa shape index (κ2) is 6.18. The van der Waals surface area contributed by atoms with Gasteiger partial charge in [-0.2, -0.15) is 0 Å². The van der Waals surface area contributed by atoms with Crippen LogP contribution in [0.5, 0.6) is 0 Å². The van der Waals surface area contributed by atoms with Crippen LogP contribution in [0, 0.1) is 5.82 Å². The second-order valence-corrected chi connectivity index (χ2v) is 5.20. The van der Waals surface area contributed by atoms with Crippen molar-refractivity contribution in [1.29, 1.82) is 0 Å². The minimum Gasteiger partial charge on any atom is -0.465 e. The molecule has 0 aliphatic rings. The molecule has 0 aliphatic heterocycles. The van der Waals surface area contributed by atoms with Gasteiger partial charge in [0, 0.05) is 17.5 Å². The van der Waals surface area contributed by atoms with Crippen molar-refractivity contribution in [2.45, 2.75) is 19.8 Å². The van der Waals surface area contributed by atoms with E-state index in [2.05, 4.69) is 14.7 Å². The monoisotopic (exact) mass is 308 g/mol. The molecule has 6 heteroatoms. The van der Waals surface area contributed by atoms with Crippen LogP contribution in [0.25, 0.3) is 11.3 Å². The number of benzene rings is 1. The molecular formula is C15H14ClFN2O2. The van der Waals surface area contributed by atoms with E-state index in [-0.39, 0.29) is 16.6 Å². The quantitative estimate of drug-likeness (QED) is 0.638. The Kier molecular flexibility index (Phi) is 4.53. The zero-order chi connectivity index (χ0) is 15.6. The summed E-state index contributed by atoms with van der Waals surface area (Å²) in [7, 11) is 1.24. The number of esters is 1. The van der Waals surface area contributed by atoms with Gasteiger partial charge in [-0.3, -0.25) is 0 Å². The van der Waals surface area contributed by atoms with Gasteiger partial charge in [-0.1, -0.05) is 25.4 Å². The Morgan fingerprint density at radius 3 is 2.57 bits per heavy atom. The highest BCUT2D eigenvalue weighted by Crippen LogP contribution is 2.24. The molecule has 0 atom stereocenters. The molecule has 21 heavy (non-hydrogen) atoms. The maximum atomic E-state index is 13.7. The lowest BCUT2D eigenvalue weighted by Crippen LogP contribution is -2.03. The molecule has 0 bridgehead atoms. The van der Waals surface area contributed by atoms with Gasteiger partial charge in [0.1, 0.15) is 16.8 Å². The van der Waals surface area contributed by atoms with Gasteiger partial charge in [0.25, 0.3) is 0 Å². The van der Waals surface area contributed by atoms with Crippen molar-refractivity contribution < 1.29 is 13.9 Å². The molecule has 1 aromatic carbocycles. The Hall–Kier alpha value is -2.01. The summed E-state index contributed by atoms with van der Waals surface area (Å²) in [5.74, 6) is -0.522. The highest BCUT2D eigenvalue weighted by Gasteiger charge is 2.13. The molecule has 2 aromatic rings. The number of carbonyl (C=O) groups excluding carboxylic acids is 1. The summed E-state index contributed by atoms with van der Waals surface area (Å²) >= 11 is 5.98. The molecule has 0 unspecified atom stereocenters. The van der Waals surface area contributed by atoms with Crippen molar-refractivity contribution in [1.82, 2.24) is 9.97 Å². The van der Waals surface area contributed by atoms with Crippen LogP contribution in [-0.2, 0) is 4.74 Å². The Bertz CT molecular complexity index is 689. The predicted molar refractivity (Wildman–Crippen MR) is 77.9 cm³/mol. The maximum absolute atomic E-state index is 13.7. The van der Waals surface area contributed by atoms with Crippen LogP contribution in [0.1, 0.15) is 35.9 Å². The molecule has 1 aromatic heterocycles. The molecular weight excluding hydrogens is 295 g/mol. The van der Waals surface area contributed by atoms with Gasteiger partial charge < -0.3 is 4.74 Å². The number of hydrogen-bond donors (Lipinski definition) is 0. The number of nitrogens with zero attached hydrogens (tertiary/aromatic N) is 2. The molecule has 110 valence electrons. The van der Waals surface area contributed by atoms with E-state index in [1.165, 1.54) is 25.3 Å². The van der Waals surface area contributed by atoms with E-state index in [4.69, 9.17) is 11.6 Å². The van der Waals surface area contributed by atoms with E-state index in [1.54, 1.807) is 0 Å². The molecule has 0 N–H and O–H groups in total. The molecule has 0 radical (unpaired) electrons. The summed E-state index contributed by atoms with van der Waals surface area (Å²) < 4.78 is 18.3. The Labute approximate surface area is 126 Å². The average Bonchev–Trinajstić information content (AvgIpc) is 2.45.